The molecule has 0 heterocycles. The summed E-state index contributed by atoms with van der Waals surface area (Å²) in [6.07, 6.45) is 16.0. The molecule has 2 saturated carbocycles. The summed E-state index contributed by atoms with van der Waals surface area (Å²) in [5.41, 5.74) is 9.82. The van der Waals surface area contributed by atoms with Gasteiger partial charge in [-0.1, -0.05) is 105 Å². The van der Waals surface area contributed by atoms with Crippen LogP contribution >= 0.6 is 17.5 Å². The first-order valence-electron chi connectivity index (χ1n) is 16.1. The zero-order valence-electron chi connectivity index (χ0n) is 27.3. The van der Waals surface area contributed by atoms with E-state index in [-0.39, 0.29) is 7.43 Å². The molecule has 0 unspecified atom stereocenters. The van der Waals surface area contributed by atoms with Crippen molar-refractivity contribution in [2.75, 3.05) is 0 Å². The molecule has 0 N–H and O–H groups in total. The van der Waals surface area contributed by atoms with E-state index in [0.717, 1.165) is 11.3 Å². The third kappa shape index (κ3) is 10.2. The fraction of sp³-hybridized carbons (Fsp3) is 0.649. The van der Waals surface area contributed by atoms with Gasteiger partial charge in [0.2, 0.25) is 0 Å². The fourth-order valence-corrected chi connectivity index (χ4v) is 11.2. The van der Waals surface area contributed by atoms with Gasteiger partial charge in [-0.2, -0.15) is 0 Å². The number of benzene rings is 2. The number of hydrogen-bond donors (Lipinski definition) is 0. The summed E-state index contributed by atoms with van der Waals surface area (Å²) in [5.74, 6) is 1.65. The van der Waals surface area contributed by atoms with E-state index in [1.807, 2.05) is 0 Å². The fourth-order valence-electron chi connectivity index (χ4n) is 6.82. The standard InChI is InChI=1S/C33H49P.C3H8.CH3.ClH.Pd/c1-23(2)26-21-30(24(3)4)33(31(22-26)25(5)6)29-19-13-14-20-32(29)34(27-15-9-7-10-16-27)28-17-11-8-12-18-28;1-3-2;;;/h13-14,19-25,27-28H,7-12,15-18H2,1-6H3;3H2,1-2H3;1H3;1H;/q;;-1;;+2. The molecule has 2 aromatic carbocycles. The first-order valence-corrected chi connectivity index (χ1v) is 19.7. The van der Waals surface area contributed by atoms with Crippen LogP contribution in [0.15, 0.2) is 36.4 Å². The summed E-state index contributed by atoms with van der Waals surface area (Å²) in [6.45, 7) is 18.6. The van der Waals surface area contributed by atoms with Crippen molar-refractivity contribution < 1.29 is 18.2 Å². The van der Waals surface area contributed by atoms with Crippen LogP contribution in [-0.2, 0) is 18.2 Å². The molecule has 3 heteroatoms. The van der Waals surface area contributed by atoms with Crippen molar-refractivity contribution >= 4 is 22.8 Å². The van der Waals surface area contributed by atoms with Gasteiger partial charge < -0.3 is 7.43 Å². The Morgan fingerprint density at radius 3 is 1.48 bits per heavy atom. The molecular formula is C37H61ClPPd+. The van der Waals surface area contributed by atoms with Crippen molar-refractivity contribution in [1.82, 2.24) is 0 Å². The molecule has 0 aromatic heterocycles. The van der Waals surface area contributed by atoms with E-state index in [1.54, 1.807) is 27.6 Å². The van der Waals surface area contributed by atoms with Gasteiger partial charge in [0.15, 0.2) is 0 Å². The van der Waals surface area contributed by atoms with Crippen molar-refractivity contribution in [2.45, 2.75) is 155 Å². The Balaban J connectivity index is 0.00000125. The summed E-state index contributed by atoms with van der Waals surface area (Å²) in [5, 5.41) is 1.78. The van der Waals surface area contributed by atoms with E-state index in [4.69, 9.17) is 0 Å². The summed E-state index contributed by atoms with van der Waals surface area (Å²) in [4.78, 5) is 0. The van der Waals surface area contributed by atoms with E-state index >= 15 is 0 Å². The van der Waals surface area contributed by atoms with E-state index in [9.17, 15) is 0 Å². The molecule has 0 saturated heterocycles. The van der Waals surface area contributed by atoms with Gasteiger partial charge in [0, 0.05) is 13.5 Å². The zero-order valence-corrected chi connectivity index (χ0v) is 30.6. The van der Waals surface area contributed by atoms with Gasteiger partial charge >= 0.3 is 27.7 Å². The second-order valence-electron chi connectivity index (χ2n) is 12.9. The minimum atomic E-state index is -0.610. The molecule has 0 radical (unpaired) electrons. The van der Waals surface area contributed by atoms with Gasteiger partial charge in [0.25, 0.3) is 0 Å². The van der Waals surface area contributed by atoms with Crippen molar-refractivity contribution in [3.8, 4) is 11.1 Å². The molecule has 2 aromatic rings. The van der Waals surface area contributed by atoms with Gasteiger partial charge in [-0.05, 0) is 97.4 Å². The number of hydrogen-bond acceptors (Lipinski definition) is 0. The van der Waals surface area contributed by atoms with Crippen molar-refractivity contribution in [3.05, 3.63) is 60.5 Å². The first-order chi connectivity index (χ1) is 18.8. The molecule has 230 valence electrons. The Hall–Kier alpha value is -0.178. The Bertz CT molecular complexity index is 907. The topological polar surface area (TPSA) is 0 Å². The van der Waals surface area contributed by atoms with Gasteiger partial charge in [0.1, 0.15) is 0 Å². The number of halogens is 1. The molecular weight excluding hydrogens is 617 g/mol. The maximum atomic E-state index is 4.49. The van der Waals surface area contributed by atoms with Crippen LogP contribution < -0.4 is 5.30 Å². The Morgan fingerprint density at radius 2 is 1.10 bits per heavy atom. The Morgan fingerprint density at radius 1 is 0.700 bits per heavy atom. The molecule has 0 bridgehead atoms. The predicted octanol–water partition coefficient (Wildman–Crippen LogP) is 12.8. The summed E-state index contributed by atoms with van der Waals surface area (Å²) in [6, 6.07) is 14.9. The molecule has 0 nitrogen and oxygen atoms in total. The summed E-state index contributed by atoms with van der Waals surface area (Å²) >= 11 is 2.22. The molecule has 2 aliphatic rings. The van der Waals surface area contributed by atoms with Gasteiger partial charge in [-0.3, -0.25) is 0 Å². The predicted molar refractivity (Wildman–Crippen MR) is 184 cm³/mol. The molecule has 40 heavy (non-hydrogen) atoms. The molecule has 0 atom stereocenters. The molecule has 0 amide bonds. The zero-order chi connectivity index (χ0) is 28.9. The van der Waals surface area contributed by atoms with Crippen LogP contribution in [0, 0.1) is 7.43 Å². The quantitative estimate of drug-likeness (QED) is 0.155. The van der Waals surface area contributed by atoms with Crippen molar-refractivity contribution in [1.29, 1.82) is 0 Å². The molecule has 2 fully saturated rings. The second-order valence-corrected chi connectivity index (χ2v) is 16.0. The summed E-state index contributed by atoms with van der Waals surface area (Å²) < 4.78 is 0. The average Bonchev–Trinajstić information content (AvgIpc) is 2.95. The normalized spacial score (nSPS) is 16.4. The van der Waals surface area contributed by atoms with Crippen LogP contribution in [0.3, 0.4) is 0 Å². The van der Waals surface area contributed by atoms with Crippen molar-refractivity contribution in [3.63, 3.8) is 0 Å². The maximum absolute atomic E-state index is 4.49. The number of rotatable bonds is 7. The first kappa shape index (κ1) is 37.8. The molecule has 4 rings (SSSR count). The third-order valence-electron chi connectivity index (χ3n) is 8.73. The average molecular weight is 679 g/mol. The van der Waals surface area contributed by atoms with Crippen molar-refractivity contribution in [2.24, 2.45) is 0 Å². The van der Waals surface area contributed by atoms with E-state index in [1.165, 1.54) is 76.2 Å². The van der Waals surface area contributed by atoms with Crippen LogP contribution in [0.1, 0.15) is 160 Å². The monoisotopic (exact) mass is 677 g/mol. The second kappa shape index (κ2) is 19.9. The summed E-state index contributed by atoms with van der Waals surface area (Å²) in [7, 11) is 3.88. The minimum absolute atomic E-state index is 0. The van der Waals surface area contributed by atoms with Crippen LogP contribution in [0.5, 0.6) is 0 Å². The molecule has 2 aliphatic carbocycles. The van der Waals surface area contributed by atoms with E-state index < -0.39 is 7.92 Å². The SMILES string of the molecule is CC(C)c1cc(C(C)C)c(-c2ccccc2[PH+](C2CCCCC2)C2CCCCC2)c(C(C)C)c1.CCC.[CH3-].[Cl][Pd+]. The Labute approximate surface area is 266 Å². The van der Waals surface area contributed by atoms with Crippen LogP contribution in [0.4, 0.5) is 0 Å². The van der Waals surface area contributed by atoms with Gasteiger partial charge in [-0.25, -0.2) is 0 Å². The van der Waals surface area contributed by atoms with Crippen LogP contribution in [0.2, 0.25) is 0 Å². The van der Waals surface area contributed by atoms with Crippen LogP contribution in [-0.4, -0.2) is 11.3 Å². The van der Waals surface area contributed by atoms with Gasteiger partial charge in [0.05, 0.1) is 16.6 Å². The van der Waals surface area contributed by atoms with Crippen LogP contribution in [0.25, 0.3) is 11.1 Å². The molecule has 0 spiro atoms. The Kier molecular flexibility index (Phi) is 18.8. The van der Waals surface area contributed by atoms with E-state index in [0.29, 0.717) is 17.8 Å². The van der Waals surface area contributed by atoms with E-state index in [2.05, 4.69) is 119 Å². The third-order valence-corrected chi connectivity index (χ3v) is 12.7. The van der Waals surface area contributed by atoms with Gasteiger partial charge in [-0.15, -0.1) is 0 Å². The molecule has 0 aliphatic heterocycles.